The van der Waals surface area contributed by atoms with E-state index >= 15 is 0 Å². The summed E-state index contributed by atoms with van der Waals surface area (Å²) in [5.74, 6) is 3.56. The van der Waals surface area contributed by atoms with Crippen LogP contribution in [0.5, 0.6) is 0 Å². The molecule has 138 valence electrons. The molecule has 0 heterocycles. The molecule has 24 heavy (non-hydrogen) atoms. The standard InChI is InChI=1S/C23H40O/c1-5-23-14-10-17-18-7-6-8-20(24)21(18,3)12-11-19(17)22(23,4)13-9-16(2)15-23/h16-20,24H,5-15H2,1-4H3/t16-,17-,18?,19?,20?,21?,22+,23?/m0/s1. The first-order valence-electron chi connectivity index (χ1n) is 11.0. The second-order valence-electron chi connectivity index (χ2n) is 10.8. The zero-order valence-electron chi connectivity index (χ0n) is 16.6. The van der Waals surface area contributed by atoms with Gasteiger partial charge in [0.1, 0.15) is 0 Å². The highest BCUT2D eigenvalue weighted by atomic mass is 16.3. The molecule has 0 aromatic rings. The van der Waals surface area contributed by atoms with Crippen LogP contribution in [0.3, 0.4) is 0 Å². The summed E-state index contributed by atoms with van der Waals surface area (Å²) in [7, 11) is 0. The molecule has 4 aliphatic rings. The monoisotopic (exact) mass is 332 g/mol. The van der Waals surface area contributed by atoms with Crippen molar-refractivity contribution in [2.24, 2.45) is 39.9 Å². The number of aliphatic hydroxyl groups is 1. The molecule has 0 spiro atoms. The van der Waals surface area contributed by atoms with Crippen LogP contribution >= 0.6 is 0 Å². The fourth-order valence-corrected chi connectivity index (χ4v) is 8.60. The van der Waals surface area contributed by atoms with E-state index in [-0.39, 0.29) is 11.5 Å². The topological polar surface area (TPSA) is 20.2 Å². The highest BCUT2D eigenvalue weighted by molar-refractivity contribution is 5.12. The summed E-state index contributed by atoms with van der Waals surface area (Å²) in [5, 5.41) is 10.8. The van der Waals surface area contributed by atoms with Gasteiger partial charge in [0.15, 0.2) is 0 Å². The predicted molar refractivity (Wildman–Crippen MR) is 101 cm³/mol. The van der Waals surface area contributed by atoms with Gasteiger partial charge in [-0.25, -0.2) is 0 Å². The third-order valence-electron chi connectivity index (χ3n) is 10.2. The van der Waals surface area contributed by atoms with Gasteiger partial charge in [0.2, 0.25) is 0 Å². The van der Waals surface area contributed by atoms with E-state index in [0.29, 0.717) is 10.8 Å². The van der Waals surface area contributed by atoms with Crippen molar-refractivity contribution >= 4 is 0 Å². The minimum absolute atomic E-state index is 0.0331. The second-order valence-corrected chi connectivity index (χ2v) is 10.8. The molecule has 1 heteroatoms. The van der Waals surface area contributed by atoms with Crippen molar-refractivity contribution in [1.82, 2.24) is 0 Å². The average Bonchev–Trinajstić information content (AvgIpc) is 2.56. The number of fused-ring (bicyclic) bond motifs is 5. The Morgan fingerprint density at radius 1 is 0.917 bits per heavy atom. The molecular weight excluding hydrogens is 292 g/mol. The maximum Gasteiger partial charge on any atom is 0.0596 e. The minimum Gasteiger partial charge on any atom is -0.393 e. The fourth-order valence-electron chi connectivity index (χ4n) is 8.60. The van der Waals surface area contributed by atoms with Crippen molar-refractivity contribution in [3.63, 3.8) is 0 Å². The normalized spacial score (nSPS) is 57.6. The summed E-state index contributed by atoms with van der Waals surface area (Å²) in [4.78, 5) is 0. The average molecular weight is 333 g/mol. The van der Waals surface area contributed by atoms with Crippen LogP contribution in [0.15, 0.2) is 0 Å². The van der Waals surface area contributed by atoms with Crippen LogP contribution in [-0.4, -0.2) is 11.2 Å². The number of hydrogen-bond donors (Lipinski definition) is 1. The summed E-state index contributed by atoms with van der Waals surface area (Å²) >= 11 is 0. The first-order chi connectivity index (χ1) is 11.4. The zero-order chi connectivity index (χ0) is 17.2. The van der Waals surface area contributed by atoms with E-state index in [0.717, 1.165) is 30.1 Å². The maximum atomic E-state index is 10.8. The summed E-state index contributed by atoms with van der Waals surface area (Å²) in [6.07, 6.45) is 15.1. The molecule has 0 amide bonds. The first-order valence-corrected chi connectivity index (χ1v) is 11.0. The Kier molecular flexibility index (Phi) is 4.15. The van der Waals surface area contributed by atoms with E-state index in [1.807, 2.05) is 0 Å². The predicted octanol–water partition coefficient (Wildman–Crippen LogP) is 6.20. The van der Waals surface area contributed by atoms with Crippen molar-refractivity contribution in [2.45, 2.75) is 104 Å². The van der Waals surface area contributed by atoms with Gasteiger partial charge in [-0.3, -0.25) is 0 Å². The number of aliphatic hydroxyl groups excluding tert-OH is 1. The van der Waals surface area contributed by atoms with E-state index in [9.17, 15) is 5.11 Å². The molecule has 4 saturated carbocycles. The lowest BCUT2D eigenvalue weighted by Gasteiger charge is -2.67. The van der Waals surface area contributed by atoms with Crippen LogP contribution in [0.25, 0.3) is 0 Å². The maximum absolute atomic E-state index is 10.8. The lowest BCUT2D eigenvalue weighted by Crippen LogP contribution is -2.60. The number of rotatable bonds is 1. The van der Waals surface area contributed by atoms with Crippen molar-refractivity contribution in [1.29, 1.82) is 0 Å². The molecule has 0 aromatic heterocycles. The van der Waals surface area contributed by atoms with Gasteiger partial charge in [-0.2, -0.15) is 0 Å². The summed E-state index contributed by atoms with van der Waals surface area (Å²) in [6, 6.07) is 0. The Hall–Kier alpha value is -0.0400. The van der Waals surface area contributed by atoms with Gasteiger partial charge < -0.3 is 5.11 Å². The Bertz CT molecular complexity index is 486. The molecule has 0 aliphatic heterocycles. The highest BCUT2D eigenvalue weighted by Crippen LogP contribution is 2.70. The molecule has 8 atom stereocenters. The molecule has 4 fully saturated rings. The summed E-state index contributed by atoms with van der Waals surface area (Å²) in [5.41, 5.74) is 1.41. The quantitative estimate of drug-likeness (QED) is 0.606. The van der Waals surface area contributed by atoms with Crippen LogP contribution in [0.4, 0.5) is 0 Å². The zero-order valence-corrected chi connectivity index (χ0v) is 16.6. The van der Waals surface area contributed by atoms with Crippen molar-refractivity contribution < 1.29 is 5.11 Å². The van der Waals surface area contributed by atoms with Crippen molar-refractivity contribution in [2.75, 3.05) is 0 Å². The largest absolute Gasteiger partial charge is 0.393 e. The van der Waals surface area contributed by atoms with Crippen LogP contribution < -0.4 is 0 Å². The van der Waals surface area contributed by atoms with Gasteiger partial charge in [0, 0.05) is 0 Å². The second kappa shape index (κ2) is 5.73. The van der Waals surface area contributed by atoms with Crippen LogP contribution in [0.1, 0.15) is 98.3 Å². The van der Waals surface area contributed by atoms with Gasteiger partial charge >= 0.3 is 0 Å². The lowest BCUT2D eigenvalue weighted by atomic mass is 9.38. The van der Waals surface area contributed by atoms with E-state index in [2.05, 4.69) is 27.7 Å². The SMILES string of the molecule is CCC12CC[C@H]3C4CCCC(O)C4(C)CCC3[C@@]1(C)CC[C@H](C)C2. The third kappa shape index (κ3) is 2.15. The Balaban J connectivity index is 1.68. The smallest absolute Gasteiger partial charge is 0.0596 e. The lowest BCUT2D eigenvalue weighted by molar-refractivity contribution is -0.194. The first kappa shape index (κ1) is 17.4. The van der Waals surface area contributed by atoms with E-state index in [4.69, 9.17) is 0 Å². The highest BCUT2D eigenvalue weighted by Gasteiger charge is 2.62. The van der Waals surface area contributed by atoms with Gasteiger partial charge in [-0.1, -0.05) is 40.5 Å². The third-order valence-corrected chi connectivity index (χ3v) is 10.2. The van der Waals surface area contributed by atoms with E-state index in [1.165, 1.54) is 64.2 Å². The Labute approximate surface area is 150 Å². The molecule has 0 saturated heterocycles. The summed E-state index contributed by atoms with van der Waals surface area (Å²) < 4.78 is 0. The number of hydrogen-bond acceptors (Lipinski definition) is 1. The van der Waals surface area contributed by atoms with Gasteiger partial charge in [-0.05, 0) is 97.7 Å². The molecule has 1 nitrogen and oxygen atoms in total. The molecule has 5 unspecified atom stereocenters. The van der Waals surface area contributed by atoms with Crippen molar-refractivity contribution in [3.05, 3.63) is 0 Å². The van der Waals surface area contributed by atoms with E-state index < -0.39 is 0 Å². The minimum atomic E-state index is -0.0331. The van der Waals surface area contributed by atoms with Gasteiger partial charge in [-0.15, -0.1) is 0 Å². The Morgan fingerprint density at radius 3 is 2.46 bits per heavy atom. The van der Waals surface area contributed by atoms with Crippen molar-refractivity contribution in [3.8, 4) is 0 Å². The molecule has 0 aromatic carbocycles. The molecule has 4 rings (SSSR count). The van der Waals surface area contributed by atoms with Gasteiger partial charge in [0.25, 0.3) is 0 Å². The van der Waals surface area contributed by atoms with Crippen LogP contribution in [0, 0.1) is 39.9 Å². The molecule has 1 N–H and O–H groups in total. The summed E-state index contributed by atoms with van der Waals surface area (Å²) in [6.45, 7) is 10.1. The Morgan fingerprint density at radius 2 is 1.71 bits per heavy atom. The van der Waals surface area contributed by atoms with E-state index in [1.54, 1.807) is 0 Å². The molecule has 0 radical (unpaired) electrons. The fraction of sp³-hybridized carbons (Fsp3) is 1.00. The molecular formula is C23H40O. The molecule has 4 aliphatic carbocycles. The van der Waals surface area contributed by atoms with Crippen LogP contribution in [-0.2, 0) is 0 Å². The van der Waals surface area contributed by atoms with Gasteiger partial charge in [0.05, 0.1) is 6.10 Å². The van der Waals surface area contributed by atoms with Crippen LogP contribution in [0.2, 0.25) is 0 Å². The molecule has 0 bridgehead atoms.